The van der Waals surface area contributed by atoms with Gasteiger partial charge in [0.15, 0.2) is 0 Å². The van der Waals surface area contributed by atoms with E-state index in [4.69, 9.17) is 11.6 Å². The Kier molecular flexibility index (Phi) is 6.01. The lowest BCUT2D eigenvalue weighted by Crippen LogP contribution is -2.30. The van der Waals surface area contributed by atoms with Crippen molar-refractivity contribution in [1.82, 2.24) is 10.0 Å². The Morgan fingerprint density at radius 1 is 1.47 bits per heavy atom. The molecule has 0 bridgehead atoms. The molecular weight excluding hydrogens is 314 g/mol. The van der Waals surface area contributed by atoms with Gasteiger partial charge in [-0.1, -0.05) is 11.6 Å². The van der Waals surface area contributed by atoms with Gasteiger partial charge < -0.3 is 5.32 Å². The van der Waals surface area contributed by atoms with Gasteiger partial charge in [-0.2, -0.15) is 0 Å². The van der Waals surface area contributed by atoms with Crippen molar-refractivity contribution in [3.8, 4) is 0 Å². The summed E-state index contributed by atoms with van der Waals surface area (Å²) in [5.41, 5.74) is 0. The van der Waals surface area contributed by atoms with E-state index in [1.165, 1.54) is 6.07 Å². The van der Waals surface area contributed by atoms with Crippen LogP contribution in [0.1, 0.15) is 6.42 Å². The van der Waals surface area contributed by atoms with Gasteiger partial charge in [-0.25, -0.2) is 17.5 Å². The van der Waals surface area contributed by atoms with E-state index in [-0.39, 0.29) is 23.3 Å². The maximum Gasteiger partial charge on any atom is 0.243 e. The van der Waals surface area contributed by atoms with Crippen molar-refractivity contribution in [2.75, 3.05) is 19.6 Å². The summed E-state index contributed by atoms with van der Waals surface area (Å²) in [6.45, 7) is 1.97. The van der Waals surface area contributed by atoms with Crippen LogP contribution in [0.2, 0.25) is 5.02 Å². The molecule has 1 aliphatic heterocycles. The minimum Gasteiger partial charge on any atom is -0.316 e. The third kappa shape index (κ3) is 4.29. The molecule has 1 aromatic rings. The van der Waals surface area contributed by atoms with Crippen LogP contribution < -0.4 is 10.0 Å². The summed E-state index contributed by atoms with van der Waals surface area (Å²) in [4.78, 5) is -0.402. The lowest BCUT2D eigenvalue weighted by atomic mass is 10.1. The molecule has 2 rings (SSSR count). The highest BCUT2D eigenvalue weighted by atomic mass is 35.5. The van der Waals surface area contributed by atoms with Gasteiger partial charge in [0.05, 0.1) is 0 Å². The molecule has 1 aromatic carbocycles. The molecule has 1 unspecified atom stereocenters. The Morgan fingerprint density at radius 3 is 2.84 bits per heavy atom. The molecule has 108 valence electrons. The summed E-state index contributed by atoms with van der Waals surface area (Å²) < 4.78 is 39.8. The van der Waals surface area contributed by atoms with E-state index in [1.54, 1.807) is 0 Å². The van der Waals surface area contributed by atoms with Crippen molar-refractivity contribution in [1.29, 1.82) is 0 Å². The quantitative estimate of drug-likeness (QED) is 0.885. The molecule has 8 heteroatoms. The second-order valence-electron chi connectivity index (χ2n) is 4.29. The lowest BCUT2D eigenvalue weighted by Gasteiger charge is -2.11. The first kappa shape index (κ1) is 16.7. The molecule has 1 aliphatic rings. The maximum absolute atomic E-state index is 13.5. The van der Waals surface area contributed by atoms with Crippen molar-refractivity contribution < 1.29 is 12.8 Å². The van der Waals surface area contributed by atoms with Crippen LogP contribution >= 0.6 is 24.0 Å². The molecule has 0 aliphatic carbocycles. The number of benzene rings is 1. The van der Waals surface area contributed by atoms with Gasteiger partial charge in [0.25, 0.3) is 0 Å². The van der Waals surface area contributed by atoms with Crippen molar-refractivity contribution in [2.24, 2.45) is 5.92 Å². The maximum atomic E-state index is 13.5. The van der Waals surface area contributed by atoms with Crippen LogP contribution in [0.3, 0.4) is 0 Å². The van der Waals surface area contributed by atoms with E-state index in [0.29, 0.717) is 6.54 Å². The van der Waals surface area contributed by atoms with Gasteiger partial charge in [0, 0.05) is 11.6 Å². The van der Waals surface area contributed by atoms with Crippen molar-refractivity contribution in [3.05, 3.63) is 29.0 Å². The second-order valence-corrected chi connectivity index (χ2v) is 6.46. The summed E-state index contributed by atoms with van der Waals surface area (Å²) in [5.74, 6) is -0.543. The summed E-state index contributed by atoms with van der Waals surface area (Å²) in [5, 5.41) is 3.33. The highest BCUT2D eigenvalue weighted by molar-refractivity contribution is 7.89. The van der Waals surface area contributed by atoms with Crippen molar-refractivity contribution in [3.63, 3.8) is 0 Å². The molecule has 1 fully saturated rings. The molecule has 0 saturated carbocycles. The normalized spacial score (nSPS) is 19.2. The van der Waals surface area contributed by atoms with Crippen LogP contribution in [0.5, 0.6) is 0 Å². The summed E-state index contributed by atoms with van der Waals surface area (Å²) in [7, 11) is -3.84. The zero-order chi connectivity index (χ0) is 13.2. The van der Waals surface area contributed by atoms with E-state index in [0.717, 1.165) is 31.6 Å². The van der Waals surface area contributed by atoms with Crippen LogP contribution in [0.15, 0.2) is 23.1 Å². The third-order valence-electron chi connectivity index (χ3n) is 2.91. The molecule has 1 atom stereocenters. The fraction of sp³-hybridized carbons (Fsp3) is 0.455. The van der Waals surface area contributed by atoms with Crippen LogP contribution in [-0.2, 0) is 10.0 Å². The average Bonchev–Trinajstić information content (AvgIpc) is 2.83. The van der Waals surface area contributed by atoms with E-state index in [9.17, 15) is 12.8 Å². The molecule has 1 heterocycles. The van der Waals surface area contributed by atoms with Gasteiger partial charge >= 0.3 is 0 Å². The van der Waals surface area contributed by atoms with Gasteiger partial charge in [-0.15, -0.1) is 12.4 Å². The van der Waals surface area contributed by atoms with Crippen LogP contribution in [0, 0.1) is 11.7 Å². The topological polar surface area (TPSA) is 58.2 Å². The van der Waals surface area contributed by atoms with Gasteiger partial charge in [0.1, 0.15) is 10.7 Å². The van der Waals surface area contributed by atoms with Gasteiger partial charge in [0.2, 0.25) is 10.0 Å². The van der Waals surface area contributed by atoms with Crippen LogP contribution in [-0.4, -0.2) is 28.1 Å². The molecule has 4 nitrogen and oxygen atoms in total. The van der Waals surface area contributed by atoms with Crippen LogP contribution in [0.4, 0.5) is 4.39 Å². The van der Waals surface area contributed by atoms with E-state index in [1.807, 2.05) is 0 Å². The smallest absolute Gasteiger partial charge is 0.243 e. The van der Waals surface area contributed by atoms with E-state index in [2.05, 4.69) is 10.0 Å². The molecule has 0 spiro atoms. The second kappa shape index (κ2) is 6.85. The summed E-state index contributed by atoms with van der Waals surface area (Å²) >= 11 is 5.68. The Hall–Kier alpha value is -0.400. The highest BCUT2D eigenvalue weighted by Gasteiger charge is 2.22. The minimum atomic E-state index is -3.84. The Balaban J connectivity index is 0.00000180. The number of sulfonamides is 1. The van der Waals surface area contributed by atoms with E-state index >= 15 is 0 Å². The zero-order valence-corrected chi connectivity index (χ0v) is 12.4. The number of rotatable bonds is 4. The van der Waals surface area contributed by atoms with Gasteiger partial charge in [-0.3, -0.25) is 0 Å². The monoisotopic (exact) mass is 328 g/mol. The first-order valence-electron chi connectivity index (χ1n) is 5.64. The Bertz CT molecular complexity index is 533. The number of hydrogen-bond acceptors (Lipinski definition) is 3. The SMILES string of the molecule is Cl.O=S(=O)(NCC1CCNC1)c1cc(Cl)ccc1F. The summed E-state index contributed by atoms with van der Waals surface area (Å²) in [6, 6.07) is 3.48. The predicted molar refractivity (Wildman–Crippen MR) is 74.8 cm³/mol. The van der Waals surface area contributed by atoms with E-state index < -0.39 is 20.7 Å². The summed E-state index contributed by atoms with van der Waals surface area (Å²) in [6.07, 6.45) is 0.917. The molecule has 2 N–H and O–H groups in total. The Labute approximate surface area is 123 Å². The molecule has 19 heavy (non-hydrogen) atoms. The fourth-order valence-electron chi connectivity index (χ4n) is 1.88. The highest BCUT2D eigenvalue weighted by Crippen LogP contribution is 2.19. The number of hydrogen-bond donors (Lipinski definition) is 2. The third-order valence-corrected chi connectivity index (χ3v) is 4.58. The number of nitrogens with one attached hydrogen (secondary N) is 2. The van der Waals surface area contributed by atoms with Crippen molar-refractivity contribution >= 4 is 34.0 Å². The predicted octanol–water partition coefficient (Wildman–Crippen LogP) is 1.79. The average molecular weight is 329 g/mol. The molecule has 0 radical (unpaired) electrons. The zero-order valence-electron chi connectivity index (χ0n) is 10.0. The molecule has 1 saturated heterocycles. The Morgan fingerprint density at radius 2 is 2.21 bits per heavy atom. The first-order chi connectivity index (χ1) is 8.49. The molecular formula is C11H15Cl2FN2O2S. The largest absolute Gasteiger partial charge is 0.316 e. The van der Waals surface area contributed by atoms with Crippen LogP contribution in [0.25, 0.3) is 0 Å². The van der Waals surface area contributed by atoms with Crippen molar-refractivity contribution in [2.45, 2.75) is 11.3 Å². The molecule has 0 aromatic heterocycles. The molecule has 0 amide bonds. The minimum absolute atomic E-state index is 0. The fourth-order valence-corrected chi connectivity index (χ4v) is 3.33. The standard InChI is InChI=1S/C11H14ClFN2O2S.ClH/c12-9-1-2-10(13)11(5-9)18(16,17)15-7-8-3-4-14-6-8;/h1-2,5,8,14-15H,3-4,6-7H2;1H. The lowest BCUT2D eigenvalue weighted by molar-refractivity contribution is 0.529. The first-order valence-corrected chi connectivity index (χ1v) is 7.50. The van der Waals surface area contributed by atoms with Gasteiger partial charge in [-0.05, 0) is 43.6 Å². The number of halogens is 3.